The van der Waals surface area contributed by atoms with Crippen molar-refractivity contribution in [1.29, 1.82) is 0 Å². The van der Waals surface area contributed by atoms with Gasteiger partial charge in [0.05, 0.1) is 17.1 Å². The summed E-state index contributed by atoms with van der Waals surface area (Å²) in [6.07, 6.45) is 0. The number of benzene rings is 1. The summed E-state index contributed by atoms with van der Waals surface area (Å²) in [7, 11) is 0. The highest BCUT2D eigenvalue weighted by Crippen LogP contribution is 2.27. The van der Waals surface area contributed by atoms with Crippen molar-refractivity contribution < 1.29 is 0 Å². The number of thiazole rings is 1. The highest BCUT2D eigenvalue weighted by atomic mass is 35.5. The van der Waals surface area contributed by atoms with Crippen LogP contribution in [0.2, 0.25) is 0 Å². The first kappa shape index (κ1) is 11.6. The fourth-order valence-corrected chi connectivity index (χ4v) is 2.57. The number of hydrogen-bond donors (Lipinski definition) is 0. The molecule has 0 bridgehead atoms. The minimum absolute atomic E-state index is 0.534. The molecule has 16 heavy (non-hydrogen) atoms. The zero-order chi connectivity index (χ0) is 11.5. The Labute approximate surface area is 105 Å². The summed E-state index contributed by atoms with van der Waals surface area (Å²) in [6.45, 7) is 4.39. The summed E-state index contributed by atoms with van der Waals surface area (Å²) in [4.78, 5) is 5.50. The highest BCUT2D eigenvalue weighted by Gasteiger charge is 2.08. The fourth-order valence-electron chi connectivity index (χ4n) is 1.63. The number of aromatic nitrogens is 1. The van der Waals surface area contributed by atoms with Crippen LogP contribution in [0.25, 0.3) is 11.3 Å². The van der Waals surface area contributed by atoms with E-state index >= 15 is 0 Å². The normalized spacial score (nSPS) is 11.0. The van der Waals surface area contributed by atoms with Gasteiger partial charge >= 0.3 is 0 Å². The lowest BCUT2D eigenvalue weighted by Gasteiger charge is -2.06. The van der Waals surface area contributed by atoms with Gasteiger partial charge in [-0.25, -0.2) is 4.98 Å². The zero-order valence-corrected chi connectivity index (χ0v) is 11.0. The first-order valence-electron chi connectivity index (χ1n) is 5.31. The van der Waals surface area contributed by atoms with Crippen molar-refractivity contribution in [1.82, 2.24) is 4.98 Å². The second-order valence-corrected chi connectivity index (χ2v) is 5.24. The Morgan fingerprint density at radius 2 is 1.94 bits per heavy atom. The molecule has 0 aliphatic rings. The Bertz CT molecular complexity index is 459. The van der Waals surface area contributed by atoms with Crippen LogP contribution in [-0.4, -0.2) is 4.98 Å². The molecule has 0 unspecified atom stereocenters. The van der Waals surface area contributed by atoms with Crippen LogP contribution >= 0.6 is 22.9 Å². The van der Waals surface area contributed by atoms with Crippen LogP contribution in [0.4, 0.5) is 0 Å². The van der Waals surface area contributed by atoms with E-state index in [1.54, 1.807) is 11.3 Å². The van der Waals surface area contributed by atoms with Crippen molar-refractivity contribution in [2.24, 2.45) is 0 Å². The molecule has 84 valence electrons. The molecule has 0 amide bonds. The van der Waals surface area contributed by atoms with Crippen molar-refractivity contribution in [3.05, 3.63) is 40.2 Å². The van der Waals surface area contributed by atoms with Gasteiger partial charge in [-0.15, -0.1) is 22.9 Å². The smallest absolute Gasteiger partial charge is 0.0855 e. The van der Waals surface area contributed by atoms with Crippen LogP contribution in [0.1, 0.15) is 30.2 Å². The molecule has 1 aromatic carbocycles. The largest absolute Gasteiger partial charge is 0.244 e. The van der Waals surface area contributed by atoms with Gasteiger partial charge in [-0.1, -0.05) is 38.1 Å². The van der Waals surface area contributed by atoms with E-state index in [9.17, 15) is 0 Å². The van der Waals surface area contributed by atoms with E-state index in [-0.39, 0.29) is 0 Å². The summed E-state index contributed by atoms with van der Waals surface area (Å²) < 4.78 is 0. The zero-order valence-electron chi connectivity index (χ0n) is 9.40. The van der Waals surface area contributed by atoms with Gasteiger partial charge in [0.2, 0.25) is 0 Å². The third-order valence-corrected chi connectivity index (χ3v) is 3.87. The van der Waals surface area contributed by atoms with Crippen molar-refractivity contribution >= 4 is 22.9 Å². The number of hydrogen-bond acceptors (Lipinski definition) is 2. The minimum Gasteiger partial charge on any atom is -0.244 e. The Hall–Kier alpha value is -0.860. The van der Waals surface area contributed by atoms with Gasteiger partial charge in [0.25, 0.3) is 0 Å². The van der Waals surface area contributed by atoms with Gasteiger partial charge in [-0.05, 0) is 11.5 Å². The van der Waals surface area contributed by atoms with Crippen molar-refractivity contribution in [2.75, 3.05) is 0 Å². The maximum absolute atomic E-state index is 5.88. The monoisotopic (exact) mass is 251 g/mol. The Kier molecular flexibility index (Phi) is 3.62. The maximum atomic E-state index is 5.88. The maximum Gasteiger partial charge on any atom is 0.0855 e. The molecule has 1 aromatic heterocycles. The molecular formula is C13H14ClNS. The molecule has 0 atom stereocenters. The molecule has 3 heteroatoms. The van der Waals surface area contributed by atoms with E-state index in [1.807, 2.05) is 5.51 Å². The second kappa shape index (κ2) is 4.98. The molecule has 1 nitrogen and oxygen atoms in total. The lowest BCUT2D eigenvalue weighted by atomic mass is 10.0. The van der Waals surface area contributed by atoms with Gasteiger partial charge in [0.1, 0.15) is 0 Å². The van der Waals surface area contributed by atoms with Crippen LogP contribution in [0.15, 0.2) is 29.8 Å². The summed E-state index contributed by atoms with van der Waals surface area (Å²) in [5.74, 6) is 1.10. The van der Waals surface area contributed by atoms with Gasteiger partial charge in [-0.3, -0.25) is 0 Å². The molecule has 0 fully saturated rings. The third-order valence-electron chi connectivity index (χ3n) is 2.61. The number of alkyl halides is 1. The molecule has 0 aliphatic heterocycles. The quantitative estimate of drug-likeness (QED) is 0.723. The van der Waals surface area contributed by atoms with Gasteiger partial charge in [0, 0.05) is 10.4 Å². The molecule has 0 saturated carbocycles. The fraction of sp³-hybridized carbons (Fsp3) is 0.308. The van der Waals surface area contributed by atoms with Crippen LogP contribution in [-0.2, 0) is 5.88 Å². The first-order valence-corrected chi connectivity index (χ1v) is 6.72. The first-order chi connectivity index (χ1) is 7.72. The minimum atomic E-state index is 0.534. The lowest BCUT2D eigenvalue weighted by molar-refractivity contribution is 0.867. The van der Waals surface area contributed by atoms with E-state index in [4.69, 9.17) is 11.6 Å². The summed E-state index contributed by atoms with van der Waals surface area (Å²) in [6, 6.07) is 8.58. The Morgan fingerprint density at radius 1 is 1.25 bits per heavy atom. The number of rotatable bonds is 3. The van der Waals surface area contributed by atoms with E-state index in [1.165, 1.54) is 5.56 Å². The molecule has 0 N–H and O–H groups in total. The van der Waals surface area contributed by atoms with Gasteiger partial charge in [0.15, 0.2) is 0 Å². The van der Waals surface area contributed by atoms with Crippen molar-refractivity contribution in [3.63, 3.8) is 0 Å². The molecule has 0 saturated heterocycles. The third kappa shape index (κ3) is 2.28. The molecule has 2 aromatic rings. The Balaban J connectivity index is 2.35. The van der Waals surface area contributed by atoms with Gasteiger partial charge < -0.3 is 0 Å². The Morgan fingerprint density at radius 3 is 2.50 bits per heavy atom. The van der Waals surface area contributed by atoms with Crippen molar-refractivity contribution in [2.45, 2.75) is 25.6 Å². The highest BCUT2D eigenvalue weighted by molar-refractivity contribution is 7.10. The van der Waals surface area contributed by atoms with Crippen LogP contribution in [0.5, 0.6) is 0 Å². The summed E-state index contributed by atoms with van der Waals surface area (Å²) >= 11 is 7.49. The van der Waals surface area contributed by atoms with Crippen molar-refractivity contribution in [3.8, 4) is 11.3 Å². The summed E-state index contributed by atoms with van der Waals surface area (Å²) in [5.41, 5.74) is 5.38. The molecule has 1 heterocycles. The second-order valence-electron chi connectivity index (χ2n) is 4.03. The lowest BCUT2D eigenvalue weighted by Crippen LogP contribution is -1.88. The summed E-state index contributed by atoms with van der Waals surface area (Å²) in [5, 5.41) is 0. The van der Waals surface area contributed by atoms with E-state index in [0.717, 1.165) is 16.1 Å². The number of nitrogens with zero attached hydrogens (tertiary/aromatic N) is 1. The van der Waals surface area contributed by atoms with Crippen LogP contribution in [0.3, 0.4) is 0 Å². The van der Waals surface area contributed by atoms with Gasteiger partial charge in [-0.2, -0.15) is 0 Å². The molecule has 2 rings (SSSR count). The average molecular weight is 252 g/mol. The molecule has 0 aliphatic carbocycles. The van der Waals surface area contributed by atoms with E-state index in [2.05, 4.69) is 43.1 Å². The van der Waals surface area contributed by atoms with Crippen LogP contribution in [0, 0.1) is 0 Å². The molecular weight excluding hydrogens is 238 g/mol. The number of halogens is 1. The average Bonchev–Trinajstić information content (AvgIpc) is 2.77. The van der Waals surface area contributed by atoms with E-state index < -0.39 is 0 Å². The van der Waals surface area contributed by atoms with E-state index in [0.29, 0.717) is 11.8 Å². The predicted octanol–water partition coefficient (Wildman–Crippen LogP) is 4.67. The SMILES string of the molecule is CC(C)c1ccc(-c2ncsc2CCl)cc1. The topological polar surface area (TPSA) is 12.9 Å². The predicted molar refractivity (Wildman–Crippen MR) is 71.2 cm³/mol. The molecule has 0 radical (unpaired) electrons. The van der Waals surface area contributed by atoms with Crippen LogP contribution < -0.4 is 0 Å². The molecule has 0 spiro atoms. The standard InChI is InChI=1S/C13H14ClNS/c1-9(2)10-3-5-11(6-4-10)13-12(7-14)16-8-15-13/h3-6,8-9H,7H2,1-2H3.